The van der Waals surface area contributed by atoms with Crippen molar-refractivity contribution in [2.45, 2.75) is 38.3 Å². The molecular formula is C21H27N5O. The van der Waals surface area contributed by atoms with Gasteiger partial charge in [0.15, 0.2) is 5.82 Å². The molecule has 0 radical (unpaired) electrons. The quantitative estimate of drug-likeness (QED) is 0.903. The van der Waals surface area contributed by atoms with Crippen LogP contribution in [0.2, 0.25) is 0 Å². The Labute approximate surface area is 160 Å². The Morgan fingerprint density at radius 3 is 2.56 bits per heavy atom. The summed E-state index contributed by atoms with van der Waals surface area (Å²) in [6.45, 7) is 5.18. The van der Waals surface area contributed by atoms with Gasteiger partial charge in [0.25, 0.3) is 5.91 Å². The normalized spacial score (nSPS) is 21.0. The van der Waals surface area contributed by atoms with E-state index in [0.29, 0.717) is 12.1 Å². The summed E-state index contributed by atoms with van der Waals surface area (Å²) >= 11 is 0. The molecule has 0 unspecified atom stereocenters. The van der Waals surface area contributed by atoms with Gasteiger partial charge in [-0.2, -0.15) is 0 Å². The van der Waals surface area contributed by atoms with Crippen LogP contribution in [0, 0.1) is 0 Å². The Morgan fingerprint density at radius 2 is 1.85 bits per heavy atom. The van der Waals surface area contributed by atoms with Crippen LogP contribution < -0.4 is 5.32 Å². The molecule has 4 rings (SSSR count). The first kappa shape index (κ1) is 17.9. The van der Waals surface area contributed by atoms with E-state index in [4.69, 9.17) is 0 Å². The number of likely N-dealkylation sites (tertiary alicyclic amines) is 2. The first-order valence-corrected chi connectivity index (χ1v) is 9.81. The molecule has 0 spiro atoms. The van der Waals surface area contributed by atoms with Gasteiger partial charge in [-0.1, -0.05) is 18.6 Å². The van der Waals surface area contributed by atoms with Crippen LogP contribution in [0.5, 0.6) is 0 Å². The minimum absolute atomic E-state index is 0.121. The Bertz CT molecular complexity index is 800. The van der Waals surface area contributed by atoms with Gasteiger partial charge < -0.3 is 10.2 Å². The molecule has 1 aromatic carbocycles. The van der Waals surface area contributed by atoms with Crippen LogP contribution in [0.1, 0.15) is 36.5 Å². The number of piperidine rings is 1. The lowest BCUT2D eigenvalue weighted by molar-refractivity contribution is 0.00213. The Hall–Kier alpha value is -2.47. The van der Waals surface area contributed by atoms with Crippen LogP contribution in [-0.2, 0) is 0 Å². The molecule has 1 aromatic heterocycles. The van der Waals surface area contributed by atoms with E-state index in [-0.39, 0.29) is 5.91 Å². The van der Waals surface area contributed by atoms with Crippen molar-refractivity contribution in [3.63, 3.8) is 0 Å². The summed E-state index contributed by atoms with van der Waals surface area (Å²) in [6.07, 6.45) is 7.24. The molecule has 6 nitrogen and oxygen atoms in total. The van der Waals surface area contributed by atoms with Gasteiger partial charge in [-0.15, -0.1) is 0 Å². The van der Waals surface area contributed by atoms with Crippen LogP contribution >= 0.6 is 0 Å². The maximum absolute atomic E-state index is 12.8. The van der Waals surface area contributed by atoms with Gasteiger partial charge in [0.2, 0.25) is 0 Å². The summed E-state index contributed by atoms with van der Waals surface area (Å²) in [7, 11) is 1.83. The standard InChI is InChI=1S/C21H27N5O/c1-15-5-3-4-12-26(15)18-13-25(14-18)21(27)17-8-6-16(7-9-17)19-20(22-2)24-11-10-23-19/h6-11,15,18H,3-5,12-14H2,1-2H3,(H,22,24)/t15-/m0/s1. The van der Waals surface area contributed by atoms with E-state index < -0.39 is 0 Å². The fourth-order valence-electron chi connectivity index (χ4n) is 4.18. The fourth-order valence-corrected chi connectivity index (χ4v) is 4.18. The van der Waals surface area contributed by atoms with Gasteiger partial charge in [0.1, 0.15) is 5.69 Å². The van der Waals surface area contributed by atoms with Crippen molar-refractivity contribution in [2.24, 2.45) is 0 Å². The molecule has 2 aliphatic rings. The van der Waals surface area contributed by atoms with Gasteiger partial charge >= 0.3 is 0 Å². The molecule has 2 fully saturated rings. The van der Waals surface area contributed by atoms with E-state index in [9.17, 15) is 4.79 Å². The summed E-state index contributed by atoms with van der Waals surface area (Å²) in [5, 5.41) is 3.05. The first-order chi connectivity index (χ1) is 13.2. The average Bonchev–Trinajstić information content (AvgIpc) is 2.68. The number of nitrogens with zero attached hydrogens (tertiary/aromatic N) is 4. The lowest BCUT2D eigenvalue weighted by Gasteiger charge is -2.49. The molecule has 1 N–H and O–H groups in total. The highest BCUT2D eigenvalue weighted by Gasteiger charge is 2.37. The minimum Gasteiger partial charge on any atom is -0.371 e. The van der Waals surface area contributed by atoms with Crippen molar-refractivity contribution in [1.29, 1.82) is 0 Å². The number of hydrogen-bond acceptors (Lipinski definition) is 5. The number of carbonyl (C=O) groups excluding carboxylic acids is 1. The highest BCUT2D eigenvalue weighted by Crippen LogP contribution is 2.27. The molecule has 6 heteroatoms. The average molecular weight is 365 g/mol. The predicted octanol–water partition coefficient (Wildman–Crippen LogP) is 2.88. The highest BCUT2D eigenvalue weighted by atomic mass is 16.2. The third kappa shape index (κ3) is 3.54. The van der Waals surface area contributed by atoms with Crippen molar-refractivity contribution >= 4 is 11.7 Å². The van der Waals surface area contributed by atoms with Crippen LogP contribution in [0.4, 0.5) is 5.82 Å². The molecular weight excluding hydrogens is 338 g/mol. The van der Waals surface area contributed by atoms with Gasteiger partial charge in [-0.3, -0.25) is 14.7 Å². The number of carbonyl (C=O) groups is 1. The molecule has 1 amide bonds. The Balaban J connectivity index is 1.40. The highest BCUT2D eigenvalue weighted by molar-refractivity contribution is 5.95. The molecule has 142 valence electrons. The van der Waals surface area contributed by atoms with Crippen molar-refractivity contribution in [3.05, 3.63) is 42.2 Å². The van der Waals surface area contributed by atoms with E-state index in [1.54, 1.807) is 12.4 Å². The molecule has 0 bridgehead atoms. The summed E-state index contributed by atoms with van der Waals surface area (Å²) < 4.78 is 0. The summed E-state index contributed by atoms with van der Waals surface area (Å²) in [4.78, 5) is 26.0. The molecule has 1 atom stereocenters. The molecule has 0 saturated carbocycles. The zero-order chi connectivity index (χ0) is 18.8. The second-order valence-corrected chi connectivity index (χ2v) is 7.53. The molecule has 2 aliphatic heterocycles. The number of aromatic nitrogens is 2. The van der Waals surface area contributed by atoms with E-state index >= 15 is 0 Å². The third-order valence-corrected chi connectivity index (χ3v) is 5.81. The number of hydrogen-bond donors (Lipinski definition) is 1. The lowest BCUT2D eigenvalue weighted by Crippen LogP contribution is -2.63. The first-order valence-electron chi connectivity index (χ1n) is 9.81. The monoisotopic (exact) mass is 365 g/mol. The summed E-state index contributed by atoms with van der Waals surface area (Å²) in [6, 6.07) is 8.85. The Kier molecular flexibility index (Phi) is 5.07. The van der Waals surface area contributed by atoms with Crippen molar-refractivity contribution in [2.75, 3.05) is 32.0 Å². The number of benzene rings is 1. The van der Waals surface area contributed by atoms with Crippen LogP contribution in [0.25, 0.3) is 11.3 Å². The van der Waals surface area contributed by atoms with Gasteiger partial charge in [-0.25, -0.2) is 4.98 Å². The second-order valence-electron chi connectivity index (χ2n) is 7.53. The minimum atomic E-state index is 0.121. The number of nitrogens with one attached hydrogen (secondary N) is 1. The fraction of sp³-hybridized carbons (Fsp3) is 0.476. The Morgan fingerprint density at radius 1 is 1.11 bits per heavy atom. The van der Waals surface area contributed by atoms with Crippen LogP contribution in [0.3, 0.4) is 0 Å². The van der Waals surface area contributed by atoms with Crippen molar-refractivity contribution < 1.29 is 4.79 Å². The SMILES string of the molecule is CNc1nccnc1-c1ccc(C(=O)N2CC(N3CCCC[C@@H]3C)C2)cc1. The smallest absolute Gasteiger partial charge is 0.253 e. The summed E-state index contributed by atoms with van der Waals surface area (Å²) in [5.41, 5.74) is 2.48. The lowest BCUT2D eigenvalue weighted by atomic mass is 9.97. The van der Waals surface area contributed by atoms with Crippen molar-refractivity contribution in [1.82, 2.24) is 19.8 Å². The predicted molar refractivity (Wildman–Crippen MR) is 107 cm³/mol. The third-order valence-electron chi connectivity index (χ3n) is 5.81. The van der Waals surface area contributed by atoms with Gasteiger partial charge in [-0.05, 0) is 38.4 Å². The van der Waals surface area contributed by atoms with Gasteiger partial charge in [0, 0.05) is 55.7 Å². The molecule has 0 aliphatic carbocycles. The molecule has 2 aromatic rings. The zero-order valence-electron chi connectivity index (χ0n) is 16.1. The number of amides is 1. The van der Waals surface area contributed by atoms with E-state index in [1.165, 1.54) is 25.8 Å². The maximum Gasteiger partial charge on any atom is 0.253 e. The van der Waals surface area contributed by atoms with Crippen LogP contribution in [-0.4, -0.2) is 64.4 Å². The van der Waals surface area contributed by atoms with Crippen molar-refractivity contribution in [3.8, 4) is 11.3 Å². The molecule has 27 heavy (non-hydrogen) atoms. The maximum atomic E-state index is 12.8. The van der Waals surface area contributed by atoms with Gasteiger partial charge in [0.05, 0.1) is 0 Å². The number of anilines is 1. The zero-order valence-corrected chi connectivity index (χ0v) is 16.1. The van der Waals surface area contributed by atoms with Crippen LogP contribution in [0.15, 0.2) is 36.7 Å². The van der Waals surface area contributed by atoms with E-state index in [1.807, 2.05) is 36.2 Å². The summed E-state index contributed by atoms with van der Waals surface area (Å²) in [5.74, 6) is 0.855. The largest absolute Gasteiger partial charge is 0.371 e. The van der Waals surface area contributed by atoms with E-state index in [2.05, 4.69) is 27.1 Å². The number of rotatable bonds is 4. The van der Waals surface area contributed by atoms with E-state index in [0.717, 1.165) is 35.7 Å². The molecule has 2 saturated heterocycles. The second kappa shape index (κ2) is 7.64. The molecule has 3 heterocycles. The topological polar surface area (TPSA) is 61.4 Å².